The van der Waals surface area contributed by atoms with E-state index >= 15 is 0 Å². The molecule has 2 rings (SSSR count). The second kappa shape index (κ2) is 8.63. The summed E-state index contributed by atoms with van der Waals surface area (Å²) < 4.78 is 0. The Morgan fingerprint density at radius 1 is 1.05 bits per heavy atom. The second-order valence-electron chi connectivity index (χ2n) is 6.55. The molecule has 1 aliphatic carbocycles. The summed E-state index contributed by atoms with van der Waals surface area (Å²) >= 11 is 0. The Kier molecular flexibility index (Phi) is 6.80. The van der Waals surface area contributed by atoms with Crippen LogP contribution in [0.5, 0.6) is 0 Å². The Morgan fingerprint density at radius 2 is 1.70 bits per heavy atom. The lowest BCUT2D eigenvalue weighted by molar-refractivity contribution is -0.123. The highest BCUT2D eigenvalue weighted by atomic mass is 16.2. The molecule has 0 unspecified atom stereocenters. The fourth-order valence-electron chi connectivity index (χ4n) is 3.57. The first kappa shape index (κ1) is 15.8. The van der Waals surface area contributed by atoms with Crippen LogP contribution in [0.3, 0.4) is 0 Å². The van der Waals surface area contributed by atoms with Crippen LogP contribution < -0.4 is 11.1 Å². The van der Waals surface area contributed by atoms with Gasteiger partial charge in [-0.1, -0.05) is 25.7 Å². The third-order valence-electron chi connectivity index (χ3n) is 4.87. The summed E-state index contributed by atoms with van der Waals surface area (Å²) in [6, 6.07) is 0.430. The van der Waals surface area contributed by atoms with Crippen molar-refractivity contribution in [3.63, 3.8) is 0 Å². The highest BCUT2D eigenvalue weighted by Gasteiger charge is 2.21. The lowest BCUT2D eigenvalue weighted by atomic mass is 9.94. The van der Waals surface area contributed by atoms with Gasteiger partial charge in [0.1, 0.15) is 0 Å². The van der Waals surface area contributed by atoms with Crippen molar-refractivity contribution in [2.45, 2.75) is 63.8 Å². The number of nitrogens with one attached hydrogen (secondary N) is 1. The van der Waals surface area contributed by atoms with Gasteiger partial charge in [-0.15, -0.1) is 0 Å². The molecule has 4 nitrogen and oxygen atoms in total. The fourth-order valence-corrected chi connectivity index (χ4v) is 3.57. The van der Waals surface area contributed by atoms with Gasteiger partial charge in [-0.25, -0.2) is 0 Å². The Labute approximate surface area is 123 Å². The van der Waals surface area contributed by atoms with Crippen LogP contribution in [0.15, 0.2) is 0 Å². The number of hydrogen-bond acceptors (Lipinski definition) is 3. The van der Waals surface area contributed by atoms with E-state index in [1.54, 1.807) is 0 Å². The number of nitrogens with zero attached hydrogens (tertiary/aromatic N) is 1. The van der Waals surface area contributed by atoms with Gasteiger partial charge in [0.05, 0.1) is 6.54 Å². The van der Waals surface area contributed by atoms with Crippen molar-refractivity contribution in [1.29, 1.82) is 0 Å². The topological polar surface area (TPSA) is 58.4 Å². The maximum Gasteiger partial charge on any atom is 0.234 e. The molecule has 0 aromatic carbocycles. The van der Waals surface area contributed by atoms with E-state index in [9.17, 15) is 4.79 Å². The molecule has 1 aliphatic heterocycles. The first-order valence-electron chi connectivity index (χ1n) is 8.49. The number of amides is 1. The van der Waals surface area contributed by atoms with Crippen LogP contribution in [0.1, 0.15) is 57.8 Å². The SMILES string of the molecule is NCCC1CCN(CC(=O)NC2CCCCCC2)CC1. The van der Waals surface area contributed by atoms with Gasteiger partial charge in [0.2, 0.25) is 5.91 Å². The van der Waals surface area contributed by atoms with Crippen molar-refractivity contribution in [2.24, 2.45) is 11.7 Å². The van der Waals surface area contributed by atoms with Crippen molar-refractivity contribution in [3.05, 3.63) is 0 Å². The Morgan fingerprint density at radius 3 is 2.30 bits per heavy atom. The molecular weight excluding hydrogens is 250 g/mol. The van der Waals surface area contributed by atoms with Crippen LogP contribution in [-0.2, 0) is 4.79 Å². The number of rotatable bonds is 5. The van der Waals surface area contributed by atoms with E-state index in [-0.39, 0.29) is 5.91 Å². The Bertz CT molecular complexity index is 279. The summed E-state index contributed by atoms with van der Waals surface area (Å²) in [6.45, 7) is 3.50. The molecule has 20 heavy (non-hydrogen) atoms. The number of likely N-dealkylation sites (tertiary alicyclic amines) is 1. The highest BCUT2D eigenvalue weighted by molar-refractivity contribution is 5.78. The van der Waals surface area contributed by atoms with Gasteiger partial charge >= 0.3 is 0 Å². The van der Waals surface area contributed by atoms with Gasteiger partial charge in [-0.3, -0.25) is 9.69 Å². The summed E-state index contributed by atoms with van der Waals surface area (Å²) in [6.07, 6.45) is 11.1. The summed E-state index contributed by atoms with van der Waals surface area (Å²) in [7, 11) is 0. The van der Waals surface area contributed by atoms with Gasteiger partial charge in [-0.2, -0.15) is 0 Å². The molecule has 1 saturated heterocycles. The molecule has 116 valence electrons. The predicted octanol–water partition coefficient (Wildman–Crippen LogP) is 1.89. The molecule has 0 spiro atoms. The van der Waals surface area contributed by atoms with Crippen LogP contribution in [0.2, 0.25) is 0 Å². The van der Waals surface area contributed by atoms with Crippen LogP contribution in [0, 0.1) is 5.92 Å². The van der Waals surface area contributed by atoms with Gasteiger partial charge in [0, 0.05) is 6.04 Å². The zero-order chi connectivity index (χ0) is 14.2. The lowest BCUT2D eigenvalue weighted by Crippen LogP contribution is -2.44. The molecule has 0 aromatic rings. The molecule has 0 radical (unpaired) electrons. The molecule has 1 amide bonds. The van der Waals surface area contributed by atoms with Gasteiger partial charge in [0.15, 0.2) is 0 Å². The van der Waals surface area contributed by atoms with Crippen LogP contribution >= 0.6 is 0 Å². The van der Waals surface area contributed by atoms with E-state index in [0.717, 1.165) is 32.0 Å². The van der Waals surface area contributed by atoms with E-state index < -0.39 is 0 Å². The maximum atomic E-state index is 12.1. The third-order valence-corrected chi connectivity index (χ3v) is 4.87. The zero-order valence-electron chi connectivity index (χ0n) is 12.8. The van der Waals surface area contributed by atoms with Gasteiger partial charge in [0.25, 0.3) is 0 Å². The molecule has 0 aromatic heterocycles. The molecule has 1 heterocycles. The number of piperidine rings is 1. The normalized spacial score (nSPS) is 23.4. The number of hydrogen-bond donors (Lipinski definition) is 2. The lowest BCUT2D eigenvalue weighted by Gasteiger charge is -2.31. The summed E-state index contributed by atoms with van der Waals surface area (Å²) in [5.74, 6) is 1.01. The molecule has 2 fully saturated rings. The smallest absolute Gasteiger partial charge is 0.234 e. The molecule has 3 N–H and O–H groups in total. The van der Waals surface area contributed by atoms with E-state index in [2.05, 4.69) is 10.2 Å². The first-order chi connectivity index (χ1) is 9.78. The zero-order valence-corrected chi connectivity index (χ0v) is 12.8. The van der Waals surface area contributed by atoms with E-state index in [0.29, 0.717) is 12.6 Å². The van der Waals surface area contributed by atoms with Gasteiger partial charge in [-0.05, 0) is 57.7 Å². The van der Waals surface area contributed by atoms with Crippen molar-refractivity contribution in [1.82, 2.24) is 10.2 Å². The minimum absolute atomic E-state index is 0.231. The van der Waals surface area contributed by atoms with Crippen molar-refractivity contribution >= 4 is 5.91 Å². The number of nitrogens with two attached hydrogens (primary N) is 1. The van der Waals surface area contributed by atoms with Crippen LogP contribution in [0.4, 0.5) is 0 Å². The molecule has 1 saturated carbocycles. The van der Waals surface area contributed by atoms with Gasteiger partial charge < -0.3 is 11.1 Å². The largest absolute Gasteiger partial charge is 0.352 e. The predicted molar refractivity (Wildman–Crippen MR) is 82.5 cm³/mol. The maximum absolute atomic E-state index is 12.1. The Hall–Kier alpha value is -0.610. The van der Waals surface area contributed by atoms with E-state index in [4.69, 9.17) is 5.73 Å². The quantitative estimate of drug-likeness (QED) is 0.757. The third kappa shape index (κ3) is 5.41. The standard InChI is InChI=1S/C16H31N3O/c17-10-7-14-8-11-19(12-9-14)13-16(20)18-15-5-3-1-2-4-6-15/h14-15H,1-13,17H2,(H,18,20). The Balaban J connectivity index is 1.64. The summed E-state index contributed by atoms with van der Waals surface area (Å²) in [5, 5.41) is 3.24. The highest BCUT2D eigenvalue weighted by Crippen LogP contribution is 2.20. The average molecular weight is 281 g/mol. The molecular formula is C16H31N3O. The summed E-state index contributed by atoms with van der Waals surface area (Å²) in [5.41, 5.74) is 5.61. The summed E-state index contributed by atoms with van der Waals surface area (Å²) in [4.78, 5) is 14.4. The first-order valence-corrected chi connectivity index (χ1v) is 8.49. The van der Waals surface area contributed by atoms with Crippen LogP contribution in [-0.4, -0.2) is 43.0 Å². The second-order valence-corrected chi connectivity index (χ2v) is 6.55. The molecule has 4 heteroatoms. The van der Waals surface area contributed by atoms with Crippen molar-refractivity contribution in [3.8, 4) is 0 Å². The minimum atomic E-state index is 0.231. The average Bonchev–Trinajstić information content (AvgIpc) is 2.70. The van der Waals surface area contributed by atoms with E-state index in [1.165, 1.54) is 51.4 Å². The van der Waals surface area contributed by atoms with Crippen LogP contribution in [0.25, 0.3) is 0 Å². The minimum Gasteiger partial charge on any atom is -0.352 e. The monoisotopic (exact) mass is 281 g/mol. The molecule has 0 atom stereocenters. The number of carbonyl (C=O) groups excluding carboxylic acids is 1. The molecule has 2 aliphatic rings. The van der Waals surface area contributed by atoms with Crippen molar-refractivity contribution in [2.75, 3.05) is 26.2 Å². The fraction of sp³-hybridized carbons (Fsp3) is 0.938. The molecule has 0 bridgehead atoms. The van der Waals surface area contributed by atoms with E-state index in [1.807, 2.05) is 0 Å². The number of carbonyl (C=O) groups is 1. The van der Waals surface area contributed by atoms with Crippen molar-refractivity contribution < 1.29 is 4.79 Å².